The maximum atomic E-state index is 12.8. The van der Waals surface area contributed by atoms with Gasteiger partial charge < -0.3 is 20.4 Å². The summed E-state index contributed by atoms with van der Waals surface area (Å²) in [4.78, 5) is 29.1. The van der Waals surface area contributed by atoms with Crippen molar-refractivity contribution in [2.75, 3.05) is 39.3 Å². The highest BCUT2D eigenvalue weighted by molar-refractivity contribution is 5.83. The van der Waals surface area contributed by atoms with Gasteiger partial charge in [0.05, 0.1) is 0 Å². The third kappa shape index (κ3) is 3.64. The van der Waals surface area contributed by atoms with Crippen LogP contribution in [-0.4, -0.2) is 67.0 Å². The van der Waals surface area contributed by atoms with E-state index < -0.39 is 0 Å². The van der Waals surface area contributed by atoms with Crippen molar-refractivity contribution in [2.45, 2.75) is 57.4 Å². The second-order valence-corrected chi connectivity index (χ2v) is 8.47. The molecule has 6 nitrogen and oxygen atoms in total. The van der Waals surface area contributed by atoms with E-state index in [1.54, 1.807) is 0 Å². The van der Waals surface area contributed by atoms with Crippen molar-refractivity contribution >= 4 is 11.9 Å². The Morgan fingerprint density at radius 3 is 2.24 bits per heavy atom. The van der Waals surface area contributed by atoms with E-state index in [0.29, 0.717) is 43.5 Å². The molecule has 1 unspecified atom stereocenters. The summed E-state index contributed by atoms with van der Waals surface area (Å²) in [5, 5.41) is 6.59. The predicted octanol–water partition coefficient (Wildman–Crippen LogP) is 1.56. The minimum absolute atomic E-state index is 0.0697. The molecular weight excluding hydrogens is 316 g/mol. The monoisotopic (exact) mass is 348 g/mol. The van der Waals surface area contributed by atoms with E-state index >= 15 is 0 Å². The van der Waals surface area contributed by atoms with Crippen molar-refractivity contribution in [2.24, 2.45) is 11.3 Å². The number of nitrogens with zero attached hydrogens (tertiary/aromatic N) is 2. The van der Waals surface area contributed by atoms with E-state index in [9.17, 15) is 9.59 Å². The van der Waals surface area contributed by atoms with Gasteiger partial charge in [0.15, 0.2) is 0 Å². The van der Waals surface area contributed by atoms with Gasteiger partial charge in [-0.05, 0) is 50.6 Å². The second kappa shape index (κ2) is 7.14. The van der Waals surface area contributed by atoms with Gasteiger partial charge in [-0.25, -0.2) is 4.79 Å². The molecule has 3 amide bonds. The number of urea groups is 1. The third-order valence-electron chi connectivity index (χ3n) is 6.90. The number of piperidine rings is 1. The Labute approximate surface area is 150 Å². The first-order valence-electron chi connectivity index (χ1n) is 10.2. The van der Waals surface area contributed by atoms with Gasteiger partial charge >= 0.3 is 6.03 Å². The quantitative estimate of drug-likeness (QED) is 0.796. The van der Waals surface area contributed by atoms with Crippen LogP contribution in [0.5, 0.6) is 0 Å². The molecule has 4 rings (SSSR count). The Bertz CT molecular complexity index is 504. The van der Waals surface area contributed by atoms with Gasteiger partial charge in [0.2, 0.25) is 5.91 Å². The fraction of sp³-hybridized carbons (Fsp3) is 0.895. The molecule has 0 bridgehead atoms. The minimum Gasteiger partial charge on any atom is -0.339 e. The molecule has 2 saturated heterocycles. The Balaban J connectivity index is 1.23. The molecule has 4 fully saturated rings. The number of carbonyl (C=O) groups excluding carboxylic acids is 2. The van der Waals surface area contributed by atoms with Gasteiger partial charge in [0.1, 0.15) is 0 Å². The SMILES string of the molecule is O=C(NC1CCCCC1)N1CCN(C(=O)C2CC23CCNCC3)CC1. The molecule has 2 saturated carbocycles. The summed E-state index contributed by atoms with van der Waals surface area (Å²) in [5.41, 5.74) is 0.303. The lowest BCUT2D eigenvalue weighted by Crippen LogP contribution is -2.55. The minimum atomic E-state index is 0.0697. The number of rotatable bonds is 2. The molecule has 1 atom stereocenters. The molecule has 4 aliphatic rings. The third-order valence-corrected chi connectivity index (χ3v) is 6.90. The number of carbonyl (C=O) groups is 2. The van der Waals surface area contributed by atoms with E-state index in [1.165, 1.54) is 19.3 Å². The number of amides is 3. The zero-order chi connectivity index (χ0) is 17.3. The van der Waals surface area contributed by atoms with E-state index in [4.69, 9.17) is 0 Å². The van der Waals surface area contributed by atoms with Crippen LogP contribution in [0.1, 0.15) is 51.4 Å². The van der Waals surface area contributed by atoms with Crippen LogP contribution in [0.25, 0.3) is 0 Å². The molecular formula is C19H32N4O2. The zero-order valence-corrected chi connectivity index (χ0v) is 15.3. The molecule has 2 N–H and O–H groups in total. The summed E-state index contributed by atoms with van der Waals surface area (Å²) in [6, 6.07) is 0.424. The van der Waals surface area contributed by atoms with Gasteiger partial charge in [0, 0.05) is 38.1 Å². The molecule has 6 heteroatoms. The smallest absolute Gasteiger partial charge is 0.317 e. The van der Waals surface area contributed by atoms with Crippen LogP contribution >= 0.6 is 0 Å². The van der Waals surface area contributed by atoms with Crippen molar-refractivity contribution in [1.82, 2.24) is 20.4 Å². The molecule has 2 aliphatic carbocycles. The van der Waals surface area contributed by atoms with Gasteiger partial charge in [-0.2, -0.15) is 0 Å². The molecule has 2 aliphatic heterocycles. The van der Waals surface area contributed by atoms with Crippen LogP contribution in [0.3, 0.4) is 0 Å². The highest BCUT2D eigenvalue weighted by Crippen LogP contribution is 2.59. The molecule has 0 radical (unpaired) electrons. The standard InChI is InChI=1S/C19H32N4O2/c24-17(16-14-19(16)6-8-20-9-7-19)22-10-12-23(13-11-22)18(25)21-15-4-2-1-3-5-15/h15-16,20H,1-14H2,(H,21,25). The van der Waals surface area contributed by atoms with Crippen LogP contribution in [0.2, 0.25) is 0 Å². The van der Waals surface area contributed by atoms with Crippen molar-refractivity contribution in [3.8, 4) is 0 Å². The lowest BCUT2D eigenvalue weighted by Gasteiger charge is -2.36. The Morgan fingerprint density at radius 2 is 1.56 bits per heavy atom. The van der Waals surface area contributed by atoms with E-state index in [1.807, 2.05) is 9.80 Å². The summed E-state index contributed by atoms with van der Waals surface area (Å²) in [6.07, 6.45) is 9.35. The van der Waals surface area contributed by atoms with E-state index in [-0.39, 0.29) is 11.9 Å². The summed E-state index contributed by atoms with van der Waals surface area (Å²) in [7, 11) is 0. The molecule has 140 valence electrons. The maximum Gasteiger partial charge on any atom is 0.317 e. The number of hydrogen-bond acceptors (Lipinski definition) is 3. The van der Waals surface area contributed by atoms with Gasteiger partial charge in [-0.15, -0.1) is 0 Å². The number of nitrogens with one attached hydrogen (secondary N) is 2. The Hall–Kier alpha value is -1.30. The summed E-state index contributed by atoms with van der Waals surface area (Å²) >= 11 is 0. The first-order chi connectivity index (χ1) is 12.2. The molecule has 0 aromatic carbocycles. The van der Waals surface area contributed by atoms with Crippen molar-refractivity contribution < 1.29 is 9.59 Å². The molecule has 2 heterocycles. The van der Waals surface area contributed by atoms with Crippen molar-refractivity contribution in [3.05, 3.63) is 0 Å². The summed E-state index contributed by atoms with van der Waals surface area (Å²) in [5.74, 6) is 0.589. The fourth-order valence-electron chi connectivity index (χ4n) is 5.04. The lowest BCUT2D eigenvalue weighted by atomic mass is 9.91. The normalized spacial score (nSPS) is 29.5. The highest BCUT2D eigenvalue weighted by atomic mass is 16.2. The molecule has 25 heavy (non-hydrogen) atoms. The molecule has 0 aromatic rings. The predicted molar refractivity (Wildman–Crippen MR) is 96.2 cm³/mol. The van der Waals surface area contributed by atoms with Gasteiger partial charge in [-0.3, -0.25) is 4.79 Å². The van der Waals surface area contributed by atoms with Crippen LogP contribution < -0.4 is 10.6 Å². The Kier molecular flexibility index (Phi) is 4.89. The fourth-order valence-corrected chi connectivity index (χ4v) is 5.04. The first-order valence-corrected chi connectivity index (χ1v) is 10.2. The van der Waals surface area contributed by atoms with Crippen LogP contribution in [-0.2, 0) is 4.79 Å². The number of hydrogen-bond donors (Lipinski definition) is 2. The van der Waals surface area contributed by atoms with Gasteiger partial charge in [-0.1, -0.05) is 19.3 Å². The summed E-state index contributed by atoms with van der Waals surface area (Å²) < 4.78 is 0. The zero-order valence-electron chi connectivity index (χ0n) is 15.3. The topological polar surface area (TPSA) is 64.7 Å². The second-order valence-electron chi connectivity index (χ2n) is 8.47. The van der Waals surface area contributed by atoms with Crippen LogP contribution in [0.4, 0.5) is 4.79 Å². The first kappa shape index (κ1) is 17.1. The van der Waals surface area contributed by atoms with Crippen LogP contribution in [0.15, 0.2) is 0 Å². The average Bonchev–Trinajstić information content (AvgIpc) is 3.35. The average molecular weight is 348 g/mol. The number of piperazine rings is 1. The lowest BCUT2D eigenvalue weighted by molar-refractivity contribution is -0.135. The van der Waals surface area contributed by atoms with Crippen molar-refractivity contribution in [3.63, 3.8) is 0 Å². The van der Waals surface area contributed by atoms with E-state index in [0.717, 1.165) is 45.2 Å². The van der Waals surface area contributed by atoms with E-state index in [2.05, 4.69) is 10.6 Å². The van der Waals surface area contributed by atoms with Crippen molar-refractivity contribution in [1.29, 1.82) is 0 Å². The maximum absolute atomic E-state index is 12.8. The van der Waals surface area contributed by atoms with Gasteiger partial charge in [0.25, 0.3) is 0 Å². The summed E-state index contributed by atoms with van der Waals surface area (Å²) in [6.45, 7) is 4.85. The van der Waals surface area contributed by atoms with Crippen LogP contribution in [0, 0.1) is 11.3 Å². The Morgan fingerprint density at radius 1 is 0.920 bits per heavy atom. The molecule has 1 spiro atoms. The highest BCUT2D eigenvalue weighted by Gasteiger charge is 2.58. The largest absolute Gasteiger partial charge is 0.339 e. The molecule has 0 aromatic heterocycles.